The summed E-state index contributed by atoms with van der Waals surface area (Å²) in [7, 11) is 1.41. The lowest BCUT2D eigenvalue weighted by atomic mass is 9.78. The molecule has 1 aliphatic carbocycles. The third-order valence-electron chi connectivity index (χ3n) is 4.89. The Bertz CT molecular complexity index is 891. The van der Waals surface area contributed by atoms with Gasteiger partial charge in [0, 0.05) is 34.1 Å². The van der Waals surface area contributed by atoms with E-state index in [0.717, 1.165) is 17.5 Å². The lowest BCUT2D eigenvalue weighted by molar-refractivity contribution is 0.0915. The molecule has 0 radical (unpaired) electrons. The van der Waals surface area contributed by atoms with Gasteiger partial charge >= 0.3 is 5.69 Å². The first kappa shape index (κ1) is 18.2. The van der Waals surface area contributed by atoms with Crippen molar-refractivity contribution in [3.8, 4) is 0 Å². The van der Waals surface area contributed by atoms with Crippen LogP contribution in [0.3, 0.4) is 0 Å². The Balaban J connectivity index is 0.00000196. The van der Waals surface area contributed by atoms with Crippen molar-refractivity contribution in [1.82, 2.24) is 20.1 Å². The first-order chi connectivity index (χ1) is 12.2. The van der Waals surface area contributed by atoms with E-state index in [1.807, 2.05) is 6.92 Å². The van der Waals surface area contributed by atoms with Crippen molar-refractivity contribution in [3.05, 3.63) is 51.5 Å². The number of carbonyl (C=O) groups is 1. The average molecular weight is 372 g/mol. The van der Waals surface area contributed by atoms with Crippen molar-refractivity contribution in [1.29, 1.82) is 0 Å². The molecule has 1 aromatic heterocycles. The maximum atomic E-state index is 14.0. The molecule has 3 rings (SSSR count). The molecule has 0 spiro atoms. The van der Waals surface area contributed by atoms with Crippen LogP contribution in [0.5, 0.6) is 0 Å². The summed E-state index contributed by atoms with van der Waals surface area (Å²) < 4.78 is 42.1. The van der Waals surface area contributed by atoms with E-state index in [4.69, 9.17) is 0 Å². The number of halogens is 3. The minimum Gasteiger partial charge on any atom is -0.349 e. The maximum absolute atomic E-state index is 14.0. The first-order valence-corrected chi connectivity index (χ1v) is 8.24. The van der Waals surface area contributed by atoms with Gasteiger partial charge in [0.15, 0.2) is 0 Å². The molecule has 1 fully saturated rings. The van der Waals surface area contributed by atoms with Crippen molar-refractivity contribution >= 4 is 5.91 Å². The van der Waals surface area contributed by atoms with Crippen LogP contribution < -0.4 is 11.0 Å². The molecule has 2 aromatic rings. The second-order valence-electron chi connectivity index (χ2n) is 7.04. The highest BCUT2D eigenvalue weighted by Crippen LogP contribution is 2.47. The fourth-order valence-corrected chi connectivity index (χ4v) is 3.15. The summed E-state index contributed by atoms with van der Waals surface area (Å²) >= 11 is 0. The fraction of sp³-hybridized carbons (Fsp3) is 0.471. The van der Waals surface area contributed by atoms with Gasteiger partial charge in [-0.1, -0.05) is 6.92 Å². The summed E-state index contributed by atoms with van der Waals surface area (Å²) in [5.74, 6) is -3.35. The number of nitrogens with one attached hydrogen (secondary N) is 2. The zero-order valence-corrected chi connectivity index (χ0v) is 14.4. The van der Waals surface area contributed by atoms with E-state index in [0.29, 0.717) is 12.1 Å². The van der Waals surface area contributed by atoms with Crippen molar-refractivity contribution < 1.29 is 20.8 Å². The molecular formula is C17H23F3N4O2. The van der Waals surface area contributed by atoms with Crippen LogP contribution in [0.15, 0.2) is 16.9 Å². The van der Waals surface area contributed by atoms with Gasteiger partial charge in [0.25, 0.3) is 5.91 Å². The quantitative estimate of drug-likeness (QED) is 0.817. The molecule has 1 aromatic carbocycles. The maximum Gasteiger partial charge on any atom is 0.343 e. The van der Waals surface area contributed by atoms with Crippen LogP contribution in [0.25, 0.3) is 0 Å². The molecular weight excluding hydrogens is 349 g/mol. The first-order valence-electron chi connectivity index (χ1n) is 8.24. The minimum atomic E-state index is -0.968. The van der Waals surface area contributed by atoms with Crippen LogP contribution in [0.4, 0.5) is 13.2 Å². The Labute approximate surface area is 150 Å². The third kappa shape index (κ3) is 3.66. The van der Waals surface area contributed by atoms with E-state index >= 15 is 0 Å². The fourth-order valence-electron chi connectivity index (χ4n) is 3.15. The van der Waals surface area contributed by atoms with Crippen LogP contribution in [-0.2, 0) is 13.5 Å². The summed E-state index contributed by atoms with van der Waals surface area (Å²) in [4.78, 5) is 25.9. The van der Waals surface area contributed by atoms with Gasteiger partial charge in [-0.2, -0.15) is 0 Å². The molecule has 1 aliphatic rings. The summed E-state index contributed by atoms with van der Waals surface area (Å²) in [6, 6.07) is 1.31. The Kier molecular flexibility index (Phi) is 4.64. The number of benzene rings is 1. The molecule has 9 heteroatoms. The number of H-pyrrole nitrogens is 1. The average Bonchev–Trinajstić information content (AvgIpc) is 3.36. The van der Waals surface area contributed by atoms with Gasteiger partial charge in [-0.15, -0.1) is 5.10 Å². The molecule has 2 N–H and O–H groups in total. The van der Waals surface area contributed by atoms with Gasteiger partial charge in [-0.05, 0) is 30.6 Å². The standard InChI is InChI=1S/C17H19F3N4O2.2H2/c1-17(9-3-4-9,7-11-12(19)5-10(18)6-13(11)20)8-21-15(25)14-22-16(26)24(2)23-14;;/h5-6,9H,3-4,7-8H2,1-2H3,(H,21,25)(H,22,23,26);2*1H/t17-;;/m1../s1. The second-order valence-corrected chi connectivity index (χ2v) is 7.04. The molecule has 6 nitrogen and oxygen atoms in total. The molecule has 0 saturated heterocycles. The molecule has 1 saturated carbocycles. The number of aromatic nitrogens is 3. The van der Waals surface area contributed by atoms with Crippen LogP contribution >= 0.6 is 0 Å². The SMILES string of the molecule is Cn1nc(C(=O)NC[C@@](C)(Cc2c(F)cc(F)cc2F)C2CC2)[nH]c1=O.[HH].[HH]. The number of rotatable bonds is 6. The molecule has 1 atom stereocenters. The Morgan fingerprint density at radius 1 is 1.38 bits per heavy atom. The molecule has 0 unspecified atom stereocenters. The molecule has 144 valence electrons. The Morgan fingerprint density at radius 2 is 2.00 bits per heavy atom. The van der Waals surface area contributed by atoms with Crippen molar-refractivity contribution in [3.63, 3.8) is 0 Å². The zero-order chi connectivity index (χ0) is 19.1. The highest BCUT2D eigenvalue weighted by Gasteiger charge is 2.42. The Hall–Kier alpha value is -2.58. The van der Waals surface area contributed by atoms with Gasteiger partial charge in [0.2, 0.25) is 5.82 Å². The van der Waals surface area contributed by atoms with E-state index in [1.54, 1.807) is 0 Å². The lowest BCUT2D eigenvalue weighted by Gasteiger charge is -2.30. The summed E-state index contributed by atoms with van der Waals surface area (Å²) in [5, 5.41) is 6.44. The number of amides is 1. The van der Waals surface area contributed by atoms with Crippen LogP contribution in [0.2, 0.25) is 0 Å². The van der Waals surface area contributed by atoms with Gasteiger partial charge in [-0.25, -0.2) is 22.6 Å². The highest BCUT2D eigenvalue weighted by molar-refractivity contribution is 5.90. The normalized spacial score (nSPS) is 16.3. The van der Waals surface area contributed by atoms with E-state index < -0.39 is 34.5 Å². The van der Waals surface area contributed by atoms with Crippen LogP contribution in [0, 0.1) is 28.8 Å². The topological polar surface area (TPSA) is 79.8 Å². The number of nitrogens with zero attached hydrogens (tertiary/aromatic N) is 2. The number of aromatic amines is 1. The summed E-state index contributed by atoms with van der Waals surface area (Å²) in [6.07, 6.45) is 1.79. The smallest absolute Gasteiger partial charge is 0.343 e. The molecule has 1 heterocycles. The van der Waals surface area contributed by atoms with Crippen molar-refractivity contribution in [2.24, 2.45) is 18.4 Å². The molecule has 1 amide bonds. The molecule has 0 aliphatic heterocycles. The van der Waals surface area contributed by atoms with Crippen molar-refractivity contribution in [2.75, 3.05) is 6.54 Å². The van der Waals surface area contributed by atoms with Gasteiger partial charge < -0.3 is 5.32 Å². The van der Waals surface area contributed by atoms with Gasteiger partial charge in [0.1, 0.15) is 17.5 Å². The summed E-state index contributed by atoms with van der Waals surface area (Å²) in [6.45, 7) is 1.97. The molecule has 26 heavy (non-hydrogen) atoms. The Morgan fingerprint density at radius 3 is 2.50 bits per heavy atom. The van der Waals surface area contributed by atoms with Gasteiger partial charge in [0.05, 0.1) is 0 Å². The predicted octanol–water partition coefficient (Wildman–Crippen LogP) is 2.41. The monoisotopic (exact) mass is 372 g/mol. The number of aryl methyl sites for hydroxylation is 1. The van der Waals surface area contributed by atoms with Gasteiger partial charge in [-0.3, -0.25) is 9.78 Å². The number of hydrogen-bond donors (Lipinski definition) is 2. The minimum absolute atomic E-state index is 0. The predicted molar refractivity (Wildman–Crippen MR) is 91.2 cm³/mol. The van der Waals surface area contributed by atoms with Crippen molar-refractivity contribution in [2.45, 2.75) is 26.2 Å². The third-order valence-corrected chi connectivity index (χ3v) is 4.89. The van der Waals surface area contributed by atoms with E-state index in [1.165, 1.54) is 7.05 Å². The second kappa shape index (κ2) is 6.62. The largest absolute Gasteiger partial charge is 0.349 e. The van der Waals surface area contributed by atoms with Crippen LogP contribution in [-0.4, -0.2) is 27.2 Å². The van der Waals surface area contributed by atoms with Crippen LogP contribution in [0.1, 0.15) is 38.8 Å². The van der Waals surface area contributed by atoms with E-state index in [2.05, 4.69) is 15.4 Å². The number of hydrogen-bond acceptors (Lipinski definition) is 3. The number of carbonyl (C=O) groups excluding carboxylic acids is 1. The van der Waals surface area contributed by atoms with E-state index in [-0.39, 0.29) is 33.1 Å². The lowest BCUT2D eigenvalue weighted by Crippen LogP contribution is -2.39. The van der Waals surface area contributed by atoms with E-state index in [9.17, 15) is 22.8 Å². The molecule has 0 bridgehead atoms. The summed E-state index contributed by atoms with van der Waals surface area (Å²) in [5.41, 5.74) is -1.32. The highest BCUT2D eigenvalue weighted by atomic mass is 19.1. The zero-order valence-electron chi connectivity index (χ0n) is 14.4.